The summed E-state index contributed by atoms with van der Waals surface area (Å²) < 4.78 is 0. The van der Waals surface area contributed by atoms with Crippen molar-refractivity contribution in [3.63, 3.8) is 0 Å². The van der Waals surface area contributed by atoms with Crippen LogP contribution >= 0.6 is 0 Å². The standard InChI is InChI=1S/C20H22N4O3/c25-20(23-10-9-16-3-1-2-4-19(16)23)15-21-11-13-22(14-12-21)17-5-7-18(8-6-17)24(26)27/h1-8H,9-15H2/p+1. The van der Waals surface area contributed by atoms with E-state index in [0.29, 0.717) is 6.54 Å². The van der Waals surface area contributed by atoms with E-state index in [1.54, 1.807) is 24.3 Å². The number of amides is 1. The van der Waals surface area contributed by atoms with E-state index >= 15 is 0 Å². The topological polar surface area (TPSA) is 71.1 Å². The van der Waals surface area contributed by atoms with Gasteiger partial charge in [-0.1, -0.05) is 18.2 Å². The van der Waals surface area contributed by atoms with Crippen molar-refractivity contribution in [1.29, 1.82) is 0 Å². The van der Waals surface area contributed by atoms with Gasteiger partial charge in [0.2, 0.25) is 0 Å². The summed E-state index contributed by atoms with van der Waals surface area (Å²) >= 11 is 0. The van der Waals surface area contributed by atoms with E-state index in [1.807, 2.05) is 23.1 Å². The predicted molar refractivity (Wildman–Crippen MR) is 103 cm³/mol. The molecule has 140 valence electrons. The molecule has 2 aromatic carbocycles. The summed E-state index contributed by atoms with van der Waals surface area (Å²) in [6, 6.07) is 14.8. The number of para-hydroxylation sites is 1. The Labute approximate surface area is 157 Å². The van der Waals surface area contributed by atoms with E-state index in [9.17, 15) is 14.9 Å². The zero-order valence-corrected chi connectivity index (χ0v) is 15.1. The highest BCUT2D eigenvalue weighted by Crippen LogP contribution is 2.27. The number of hydrogen-bond acceptors (Lipinski definition) is 4. The number of nitrogens with zero attached hydrogens (tertiary/aromatic N) is 3. The van der Waals surface area contributed by atoms with Gasteiger partial charge in [-0.25, -0.2) is 0 Å². The van der Waals surface area contributed by atoms with Gasteiger partial charge in [0, 0.05) is 30.1 Å². The second-order valence-corrected chi connectivity index (χ2v) is 7.11. The average Bonchev–Trinajstić information content (AvgIpc) is 3.13. The molecule has 1 fully saturated rings. The molecule has 4 rings (SSSR count). The molecule has 1 N–H and O–H groups in total. The lowest BCUT2D eigenvalue weighted by molar-refractivity contribution is -0.892. The Hall–Kier alpha value is -2.93. The highest BCUT2D eigenvalue weighted by molar-refractivity contribution is 5.96. The summed E-state index contributed by atoms with van der Waals surface area (Å²) in [7, 11) is 0. The Kier molecular flexibility index (Phi) is 4.77. The molecule has 0 unspecified atom stereocenters. The van der Waals surface area contributed by atoms with Gasteiger partial charge in [-0.2, -0.15) is 0 Å². The third-order valence-corrected chi connectivity index (χ3v) is 5.49. The fourth-order valence-electron chi connectivity index (χ4n) is 3.95. The number of piperazine rings is 1. The van der Waals surface area contributed by atoms with Crippen LogP contribution in [0.25, 0.3) is 0 Å². The number of carbonyl (C=O) groups is 1. The monoisotopic (exact) mass is 367 g/mol. The highest BCUT2D eigenvalue weighted by Gasteiger charge is 2.29. The molecular weight excluding hydrogens is 344 g/mol. The number of anilines is 2. The summed E-state index contributed by atoms with van der Waals surface area (Å²) in [5.41, 5.74) is 3.43. The first-order valence-electron chi connectivity index (χ1n) is 9.33. The summed E-state index contributed by atoms with van der Waals surface area (Å²) in [4.78, 5) is 28.6. The number of nitrogens with one attached hydrogen (secondary N) is 1. The number of rotatable bonds is 4. The molecule has 1 amide bonds. The maximum atomic E-state index is 12.8. The minimum absolute atomic E-state index is 0.111. The van der Waals surface area contributed by atoms with Crippen molar-refractivity contribution in [3.8, 4) is 0 Å². The number of fused-ring (bicyclic) bond motifs is 1. The molecule has 7 nitrogen and oxygen atoms in total. The summed E-state index contributed by atoms with van der Waals surface area (Å²) in [6.07, 6.45) is 0.936. The number of carbonyl (C=O) groups excluding carboxylic acids is 1. The normalized spacial score (nSPS) is 17.0. The third-order valence-electron chi connectivity index (χ3n) is 5.49. The molecule has 0 bridgehead atoms. The Morgan fingerprint density at radius 3 is 2.44 bits per heavy atom. The molecule has 2 aromatic rings. The zero-order chi connectivity index (χ0) is 18.8. The highest BCUT2D eigenvalue weighted by atomic mass is 16.6. The maximum Gasteiger partial charge on any atom is 0.282 e. The molecule has 1 saturated heterocycles. The van der Waals surface area contributed by atoms with Crippen LogP contribution in [0.1, 0.15) is 5.56 Å². The fourth-order valence-corrected chi connectivity index (χ4v) is 3.95. The Morgan fingerprint density at radius 1 is 1.04 bits per heavy atom. The van der Waals surface area contributed by atoms with Crippen LogP contribution in [-0.4, -0.2) is 50.1 Å². The van der Waals surface area contributed by atoms with Gasteiger partial charge in [0.25, 0.3) is 11.6 Å². The maximum absolute atomic E-state index is 12.8. The molecule has 0 aliphatic carbocycles. The van der Waals surface area contributed by atoms with Gasteiger partial charge < -0.3 is 14.7 Å². The van der Waals surface area contributed by atoms with Crippen LogP contribution in [0.15, 0.2) is 48.5 Å². The van der Waals surface area contributed by atoms with Crippen molar-refractivity contribution in [2.24, 2.45) is 0 Å². The zero-order valence-electron chi connectivity index (χ0n) is 15.1. The first-order valence-corrected chi connectivity index (χ1v) is 9.33. The molecule has 2 heterocycles. The SMILES string of the molecule is O=C(C[NH+]1CCN(c2ccc([N+](=O)[O-])cc2)CC1)N1CCc2ccccc21. The Balaban J connectivity index is 1.32. The van der Waals surface area contributed by atoms with Gasteiger partial charge in [-0.15, -0.1) is 0 Å². The summed E-state index contributed by atoms with van der Waals surface area (Å²) in [6.45, 7) is 4.76. The summed E-state index contributed by atoms with van der Waals surface area (Å²) in [5, 5.41) is 10.8. The number of benzene rings is 2. The van der Waals surface area contributed by atoms with Gasteiger partial charge in [-0.3, -0.25) is 14.9 Å². The minimum Gasteiger partial charge on any atom is -0.360 e. The van der Waals surface area contributed by atoms with Crippen LogP contribution < -0.4 is 14.7 Å². The largest absolute Gasteiger partial charge is 0.360 e. The predicted octanol–water partition coefficient (Wildman–Crippen LogP) is 0.889. The number of quaternary nitrogens is 1. The van der Waals surface area contributed by atoms with Gasteiger partial charge in [-0.05, 0) is 30.2 Å². The van der Waals surface area contributed by atoms with Crippen molar-refractivity contribution in [1.82, 2.24) is 0 Å². The number of hydrogen-bond donors (Lipinski definition) is 1. The molecule has 0 atom stereocenters. The quantitative estimate of drug-likeness (QED) is 0.644. The molecule has 0 radical (unpaired) electrons. The molecule has 2 aliphatic heterocycles. The van der Waals surface area contributed by atoms with E-state index in [4.69, 9.17) is 0 Å². The van der Waals surface area contributed by atoms with Crippen molar-refractivity contribution in [2.45, 2.75) is 6.42 Å². The van der Waals surface area contributed by atoms with Crippen molar-refractivity contribution >= 4 is 23.0 Å². The van der Waals surface area contributed by atoms with Crippen LogP contribution in [-0.2, 0) is 11.2 Å². The smallest absolute Gasteiger partial charge is 0.282 e. The second kappa shape index (κ2) is 7.36. The van der Waals surface area contributed by atoms with E-state index in [0.717, 1.165) is 50.5 Å². The number of non-ortho nitro benzene ring substituents is 1. The second-order valence-electron chi connectivity index (χ2n) is 7.11. The molecule has 0 saturated carbocycles. The van der Waals surface area contributed by atoms with E-state index in [1.165, 1.54) is 10.5 Å². The van der Waals surface area contributed by atoms with Crippen molar-refractivity contribution in [2.75, 3.05) is 49.1 Å². The molecule has 27 heavy (non-hydrogen) atoms. The van der Waals surface area contributed by atoms with Gasteiger partial charge in [0.15, 0.2) is 6.54 Å². The lowest BCUT2D eigenvalue weighted by Crippen LogP contribution is -3.16. The van der Waals surface area contributed by atoms with Crippen LogP contribution in [0.3, 0.4) is 0 Å². The van der Waals surface area contributed by atoms with E-state index in [-0.39, 0.29) is 16.5 Å². The van der Waals surface area contributed by atoms with Gasteiger partial charge in [0.05, 0.1) is 31.1 Å². The lowest BCUT2D eigenvalue weighted by Gasteiger charge is -2.34. The van der Waals surface area contributed by atoms with Crippen LogP contribution in [0.5, 0.6) is 0 Å². The molecule has 2 aliphatic rings. The third kappa shape index (κ3) is 3.64. The Bertz CT molecular complexity index is 845. The van der Waals surface area contributed by atoms with Crippen molar-refractivity contribution in [3.05, 3.63) is 64.2 Å². The van der Waals surface area contributed by atoms with Crippen LogP contribution in [0.2, 0.25) is 0 Å². The van der Waals surface area contributed by atoms with Gasteiger partial charge >= 0.3 is 0 Å². The van der Waals surface area contributed by atoms with Crippen LogP contribution in [0, 0.1) is 10.1 Å². The molecule has 7 heteroatoms. The minimum atomic E-state index is -0.381. The first kappa shape index (κ1) is 17.5. The lowest BCUT2D eigenvalue weighted by atomic mass is 10.2. The fraction of sp³-hybridized carbons (Fsp3) is 0.350. The van der Waals surface area contributed by atoms with Crippen molar-refractivity contribution < 1.29 is 14.6 Å². The number of nitro groups is 1. The number of nitro benzene ring substituents is 1. The molecular formula is C20H23N4O3+. The van der Waals surface area contributed by atoms with E-state index in [2.05, 4.69) is 11.0 Å². The Morgan fingerprint density at radius 2 is 1.74 bits per heavy atom. The van der Waals surface area contributed by atoms with E-state index < -0.39 is 0 Å². The first-order chi connectivity index (χ1) is 13.1. The summed E-state index contributed by atoms with van der Waals surface area (Å²) in [5.74, 6) is 0.193. The average molecular weight is 367 g/mol. The van der Waals surface area contributed by atoms with Gasteiger partial charge in [0.1, 0.15) is 0 Å². The van der Waals surface area contributed by atoms with Crippen LogP contribution in [0.4, 0.5) is 17.1 Å². The molecule has 0 spiro atoms. The molecule has 0 aromatic heterocycles.